The Kier molecular flexibility index (Phi) is 8.47. The van der Waals surface area contributed by atoms with Crippen LogP contribution in [0.25, 0.3) is 5.69 Å². The molecule has 0 bridgehead atoms. The number of ketones is 1. The van der Waals surface area contributed by atoms with Crippen LogP contribution in [-0.2, 0) is 11.3 Å². The first-order valence-corrected chi connectivity index (χ1v) is 12.8. The first kappa shape index (κ1) is 26.2. The lowest BCUT2D eigenvalue weighted by Gasteiger charge is -2.15. The van der Waals surface area contributed by atoms with Gasteiger partial charge in [-0.25, -0.2) is 0 Å². The Bertz CT molecular complexity index is 1390. The van der Waals surface area contributed by atoms with Gasteiger partial charge in [0.15, 0.2) is 16.8 Å². The summed E-state index contributed by atoms with van der Waals surface area (Å²) in [6.07, 6.45) is 0. The highest BCUT2D eigenvalue weighted by Gasteiger charge is 2.21. The van der Waals surface area contributed by atoms with Crippen molar-refractivity contribution in [1.29, 1.82) is 0 Å². The van der Waals surface area contributed by atoms with Crippen molar-refractivity contribution < 1.29 is 14.3 Å². The van der Waals surface area contributed by atoms with Crippen molar-refractivity contribution in [2.24, 2.45) is 0 Å². The summed E-state index contributed by atoms with van der Waals surface area (Å²) in [4.78, 5) is 24.4. The Morgan fingerprint density at radius 3 is 2.38 bits per heavy atom. The van der Waals surface area contributed by atoms with E-state index in [-0.39, 0.29) is 11.7 Å². The fourth-order valence-corrected chi connectivity index (χ4v) is 4.59. The van der Waals surface area contributed by atoms with Gasteiger partial charge in [0.25, 0.3) is 0 Å². The topological polar surface area (TPSA) is 98.1 Å². The molecule has 0 saturated carbocycles. The summed E-state index contributed by atoms with van der Waals surface area (Å²) in [5.41, 5.74) is 2.82. The maximum atomic E-state index is 12.9. The number of para-hydroxylation sites is 1. The van der Waals surface area contributed by atoms with E-state index in [1.54, 1.807) is 38.3 Å². The van der Waals surface area contributed by atoms with E-state index in [1.807, 2.05) is 53.1 Å². The van der Waals surface area contributed by atoms with Crippen LogP contribution >= 0.6 is 23.4 Å². The second-order valence-electron chi connectivity index (χ2n) is 8.15. The SMILES string of the molecule is COc1ccc(-n2c(CNc3ccccc3Cl)nnc2SC(C)C(=O)Nc2ccc(C(C)=O)cc2)cc1. The third kappa shape index (κ3) is 6.49. The molecule has 4 aromatic rings. The van der Waals surface area contributed by atoms with Gasteiger partial charge < -0.3 is 15.4 Å². The van der Waals surface area contributed by atoms with Gasteiger partial charge in [0.2, 0.25) is 5.91 Å². The standard InChI is InChI=1S/C27H26ClN5O3S/c1-17(34)19-8-10-20(11-9-19)30-26(35)18(2)37-27-32-31-25(16-29-24-7-5-4-6-23(24)28)33(27)21-12-14-22(36-3)15-13-21/h4-15,18,29H,16H2,1-3H3,(H,30,35). The van der Waals surface area contributed by atoms with E-state index in [9.17, 15) is 9.59 Å². The summed E-state index contributed by atoms with van der Waals surface area (Å²) in [5, 5.41) is 15.7. The number of nitrogens with zero attached hydrogens (tertiary/aromatic N) is 3. The van der Waals surface area contributed by atoms with Crippen LogP contribution < -0.4 is 15.4 Å². The van der Waals surface area contributed by atoms with E-state index in [4.69, 9.17) is 16.3 Å². The lowest BCUT2D eigenvalue weighted by atomic mass is 10.1. The molecule has 0 radical (unpaired) electrons. The number of carbonyl (C=O) groups excluding carboxylic acids is 2. The minimum Gasteiger partial charge on any atom is -0.497 e. The van der Waals surface area contributed by atoms with Crippen LogP contribution in [0.3, 0.4) is 0 Å². The van der Waals surface area contributed by atoms with E-state index >= 15 is 0 Å². The van der Waals surface area contributed by atoms with Gasteiger partial charge in [0.05, 0.1) is 29.6 Å². The summed E-state index contributed by atoms with van der Waals surface area (Å²) in [7, 11) is 1.61. The van der Waals surface area contributed by atoms with E-state index in [0.29, 0.717) is 33.8 Å². The molecule has 3 aromatic carbocycles. The van der Waals surface area contributed by atoms with Gasteiger partial charge >= 0.3 is 0 Å². The molecule has 190 valence electrons. The van der Waals surface area contributed by atoms with Gasteiger partial charge in [0, 0.05) is 16.9 Å². The summed E-state index contributed by atoms with van der Waals surface area (Å²) in [5.74, 6) is 1.16. The Labute approximate surface area is 224 Å². The Hall–Kier alpha value is -3.82. The van der Waals surface area contributed by atoms with Gasteiger partial charge in [-0.15, -0.1) is 10.2 Å². The molecule has 37 heavy (non-hydrogen) atoms. The highest BCUT2D eigenvalue weighted by Crippen LogP contribution is 2.28. The van der Waals surface area contributed by atoms with Crippen LogP contribution in [0.15, 0.2) is 78.0 Å². The second kappa shape index (κ2) is 11.9. The van der Waals surface area contributed by atoms with Crippen LogP contribution in [0, 0.1) is 0 Å². The zero-order valence-electron chi connectivity index (χ0n) is 20.6. The number of Topliss-reactive ketones (excluding diaryl/α,β-unsaturated/α-hetero) is 1. The average molecular weight is 536 g/mol. The molecule has 10 heteroatoms. The molecule has 8 nitrogen and oxygen atoms in total. The minimum atomic E-state index is -0.474. The van der Waals surface area contributed by atoms with Gasteiger partial charge in [0.1, 0.15) is 5.75 Å². The molecule has 1 aromatic heterocycles. The van der Waals surface area contributed by atoms with Crippen molar-refractivity contribution in [3.8, 4) is 11.4 Å². The molecule has 4 rings (SSSR count). The molecule has 0 saturated heterocycles. The Morgan fingerprint density at radius 1 is 1.03 bits per heavy atom. The van der Waals surface area contributed by atoms with Crippen molar-refractivity contribution in [2.75, 3.05) is 17.7 Å². The van der Waals surface area contributed by atoms with E-state index in [2.05, 4.69) is 20.8 Å². The van der Waals surface area contributed by atoms with Crippen LogP contribution in [0.1, 0.15) is 30.0 Å². The van der Waals surface area contributed by atoms with Gasteiger partial charge in [-0.3, -0.25) is 14.2 Å². The second-order valence-corrected chi connectivity index (χ2v) is 9.86. The predicted octanol–water partition coefficient (Wildman–Crippen LogP) is 5.86. The van der Waals surface area contributed by atoms with Gasteiger partial charge in [-0.1, -0.05) is 35.5 Å². The molecule has 0 fully saturated rings. The lowest BCUT2D eigenvalue weighted by Crippen LogP contribution is -2.23. The van der Waals surface area contributed by atoms with Crippen molar-refractivity contribution in [3.05, 3.63) is 89.2 Å². The fourth-order valence-electron chi connectivity index (χ4n) is 3.50. The van der Waals surface area contributed by atoms with Crippen molar-refractivity contribution in [3.63, 3.8) is 0 Å². The third-order valence-corrected chi connectivity index (χ3v) is 6.92. The normalized spacial score (nSPS) is 11.6. The first-order chi connectivity index (χ1) is 17.9. The zero-order chi connectivity index (χ0) is 26.4. The quantitative estimate of drug-likeness (QED) is 0.194. The molecule has 0 aliphatic carbocycles. The van der Waals surface area contributed by atoms with E-state index in [1.165, 1.54) is 18.7 Å². The maximum Gasteiger partial charge on any atom is 0.237 e. The number of aromatic nitrogens is 3. The number of benzene rings is 3. The van der Waals surface area contributed by atoms with Crippen LogP contribution in [0.5, 0.6) is 5.75 Å². The summed E-state index contributed by atoms with van der Waals surface area (Å²) in [6, 6.07) is 21.8. The fraction of sp³-hybridized carbons (Fsp3) is 0.185. The van der Waals surface area contributed by atoms with Gasteiger partial charge in [-0.2, -0.15) is 0 Å². The minimum absolute atomic E-state index is 0.0282. The average Bonchev–Trinajstić information content (AvgIpc) is 3.30. The number of ether oxygens (including phenoxy) is 1. The van der Waals surface area contributed by atoms with Gasteiger partial charge in [-0.05, 0) is 74.5 Å². The first-order valence-electron chi connectivity index (χ1n) is 11.5. The number of thioether (sulfide) groups is 1. The smallest absolute Gasteiger partial charge is 0.237 e. The Morgan fingerprint density at radius 2 is 1.73 bits per heavy atom. The number of anilines is 2. The summed E-state index contributed by atoms with van der Waals surface area (Å²) < 4.78 is 7.20. The van der Waals surface area contributed by atoms with Crippen LogP contribution in [-0.4, -0.2) is 38.8 Å². The molecule has 1 heterocycles. The number of halogens is 1. The van der Waals surface area contributed by atoms with Crippen molar-refractivity contribution in [2.45, 2.75) is 30.8 Å². The number of amides is 1. The maximum absolute atomic E-state index is 12.9. The number of methoxy groups -OCH3 is 1. The number of hydrogen-bond donors (Lipinski definition) is 2. The summed E-state index contributed by atoms with van der Waals surface area (Å²) >= 11 is 7.59. The lowest BCUT2D eigenvalue weighted by molar-refractivity contribution is -0.115. The number of hydrogen-bond acceptors (Lipinski definition) is 7. The highest BCUT2D eigenvalue weighted by molar-refractivity contribution is 8.00. The molecule has 2 N–H and O–H groups in total. The number of rotatable bonds is 10. The number of carbonyl (C=O) groups is 2. The summed E-state index contributed by atoms with van der Waals surface area (Å²) in [6.45, 7) is 3.68. The van der Waals surface area contributed by atoms with E-state index in [0.717, 1.165) is 17.1 Å². The van der Waals surface area contributed by atoms with E-state index < -0.39 is 5.25 Å². The zero-order valence-corrected chi connectivity index (χ0v) is 22.1. The largest absolute Gasteiger partial charge is 0.497 e. The molecule has 1 atom stereocenters. The molecule has 1 amide bonds. The molecule has 1 unspecified atom stereocenters. The highest BCUT2D eigenvalue weighted by atomic mass is 35.5. The Balaban J connectivity index is 1.55. The monoisotopic (exact) mass is 535 g/mol. The van der Waals surface area contributed by atoms with Crippen LogP contribution in [0.4, 0.5) is 11.4 Å². The molecule has 0 aliphatic heterocycles. The molecular weight excluding hydrogens is 510 g/mol. The van der Waals surface area contributed by atoms with Crippen molar-refractivity contribution in [1.82, 2.24) is 14.8 Å². The molecule has 0 spiro atoms. The predicted molar refractivity (Wildman–Crippen MR) is 147 cm³/mol. The molecule has 0 aliphatic rings. The number of nitrogens with one attached hydrogen (secondary N) is 2. The third-order valence-electron chi connectivity index (χ3n) is 5.55. The molecular formula is C27H26ClN5O3S. The van der Waals surface area contributed by atoms with Crippen molar-refractivity contribution >= 4 is 46.4 Å². The van der Waals surface area contributed by atoms with Crippen LogP contribution in [0.2, 0.25) is 5.02 Å².